The van der Waals surface area contributed by atoms with Crippen LogP contribution in [0.2, 0.25) is 10.0 Å². The molecule has 2 aromatic rings. The van der Waals surface area contributed by atoms with Crippen LogP contribution in [0.3, 0.4) is 0 Å². The summed E-state index contributed by atoms with van der Waals surface area (Å²) in [7, 11) is 0. The lowest BCUT2D eigenvalue weighted by Gasteiger charge is -2.19. The number of nitrogens with zero attached hydrogens (tertiary/aromatic N) is 3. The third-order valence-corrected chi connectivity index (χ3v) is 4.68. The molecule has 1 aliphatic rings. The number of halogens is 5. The Kier molecular flexibility index (Phi) is 4.21. The van der Waals surface area contributed by atoms with E-state index in [2.05, 4.69) is 9.97 Å². The summed E-state index contributed by atoms with van der Waals surface area (Å²) in [5.41, 5.74) is 0.804. The van der Waals surface area contributed by atoms with Gasteiger partial charge in [0.1, 0.15) is 5.82 Å². The van der Waals surface area contributed by atoms with Crippen LogP contribution in [0, 0.1) is 11.8 Å². The average molecular weight is 380 g/mol. The van der Waals surface area contributed by atoms with Crippen molar-refractivity contribution in [3.8, 4) is 0 Å². The maximum Gasteiger partial charge on any atom is 0.394 e. The summed E-state index contributed by atoms with van der Waals surface area (Å²) in [5, 5.41) is 9.59. The van der Waals surface area contributed by atoms with E-state index < -0.39 is 30.5 Å². The van der Waals surface area contributed by atoms with Gasteiger partial charge < -0.3 is 10.0 Å². The molecule has 0 saturated carbocycles. The number of carboxylic acids is 1. The Bertz CT molecular complexity index is 816. The fraction of sp³-hybridized carbons (Fsp3) is 0.357. The van der Waals surface area contributed by atoms with Gasteiger partial charge in [0.15, 0.2) is 0 Å². The predicted molar refractivity (Wildman–Crippen MR) is 82.4 cm³/mol. The van der Waals surface area contributed by atoms with Crippen LogP contribution < -0.4 is 4.90 Å². The lowest BCUT2D eigenvalue weighted by molar-refractivity contribution is -0.187. The van der Waals surface area contributed by atoms with Gasteiger partial charge in [-0.2, -0.15) is 13.2 Å². The first-order valence-electron chi connectivity index (χ1n) is 6.83. The van der Waals surface area contributed by atoms with Crippen molar-refractivity contribution in [2.75, 3.05) is 18.0 Å². The number of aromatic nitrogens is 2. The van der Waals surface area contributed by atoms with Crippen LogP contribution in [0.4, 0.5) is 19.0 Å². The first-order chi connectivity index (χ1) is 11.2. The van der Waals surface area contributed by atoms with Crippen molar-refractivity contribution in [2.45, 2.75) is 6.18 Å². The molecular weight excluding hydrogens is 370 g/mol. The highest BCUT2D eigenvalue weighted by Crippen LogP contribution is 2.39. The topological polar surface area (TPSA) is 66.3 Å². The lowest BCUT2D eigenvalue weighted by Crippen LogP contribution is -2.33. The minimum Gasteiger partial charge on any atom is -0.481 e. The monoisotopic (exact) mass is 379 g/mol. The van der Waals surface area contributed by atoms with Gasteiger partial charge in [0.25, 0.3) is 0 Å². The summed E-state index contributed by atoms with van der Waals surface area (Å²) in [6.07, 6.45) is -3.30. The SMILES string of the molecule is O=C(O)[C@@H]1CN(c2cnc3cc(Cl)c(Cl)cc3n2)C[C@H]1C(F)(F)F. The van der Waals surface area contributed by atoms with E-state index in [9.17, 15) is 18.0 Å². The van der Waals surface area contributed by atoms with Crippen molar-refractivity contribution >= 4 is 46.0 Å². The first-order valence-corrected chi connectivity index (χ1v) is 7.58. The molecule has 2 heterocycles. The zero-order valence-electron chi connectivity index (χ0n) is 11.9. The lowest BCUT2D eigenvalue weighted by atomic mass is 9.96. The molecular formula is C14H10Cl2F3N3O2. The van der Waals surface area contributed by atoms with Crippen LogP contribution in [-0.2, 0) is 4.79 Å². The number of carboxylic acid groups (broad SMARTS) is 1. The van der Waals surface area contributed by atoms with Gasteiger partial charge in [0.2, 0.25) is 0 Å². The number of fused-ring (bicyclic) bond motifs is 1. The zero-order chi connectivity index (χ0) is 17.6. The van der Waals surface area contributed by atoms with Gasteiger partial charge in [-0.3, -0.25) is 9.78 Å². The molecule has 3 rings (SSSR count). The Morgan fingerprint density at radius 1 is 1.21 bits per heavy atom. The van der Waals surface area contributed by atoms with Crippen LogP contribution in [0.25, 0.3) is 11.0 Å². The fourth-order valence-corrected chi connectivity index (χ4v) is 3.04. The Labute approximate surface area is 144 Å². The standard InChI is InChI=1S/C14H10Cl2F3N3O2/c15-8-1-10-11(2-9(8)16)21-12(3-20-10)22-4-6(13(23)24)7(5-22)14(17,18)19/h1-3,6-7H,4-5H2,(H,23,24)/t6-,7-/m1/s1. The molecule has 1 aromatic carbocycles. The minimum absolute atomic E-state index is 0.166. The van der Waals surface area contributed by atoms with Crippen molar-refractivity contribution in [3.05, 3.63) is 28.4 Å². The van der Waals surface area contributed by atoms with E-state index in [1.807, 2.05) is 0 Å². The van der Waals surface area contributed by atoms with E-state index in [4.69, 9.17) is 28.3 Å². The molecule has 1 aromatic heterocycles. The highest BCUT2D eigenvalue weighted by atomic mass is 35.5. The number of hydrogen-bond donors (Lipinski definition) is 1. The van der Waals surface area contributed by atoms with Gasteiger partial charge in [-0.15, -0.1) is 0 Å². The second-order valence-corrected chi connectivity index (χ2v) is 6.30. The molecule has 0 spiro atoms. The van der Waals surface area contributed by atoms with Gasteiger partial charge in [-0.25, -0.2) is 4.98 Å². The normalized spacial score (nSPS) is 21.5. The van der Waals surface area contributed by atoms with Gasteiger partial charge in [0.05, 0.1) is 39.1 Å². The Morgan fingerprint density at radius 3 is 2.38 bits per heavy atom. The third-order valence-electron chi connectivity index (χ3n) is 3.95. The summed E-state index contributed by atoms with van der Waals surface area (Å²) in [6, 6.07) is 2.96. The number of rotatable bonds is 2. The molecule has 10 heteroatoms. The Balaban J connectivity index is 1.96. The Morgan fingerprint density at radius 2 is 1.83 bits per heavy atom. The first kappa shape index (κ1) is 17.0. The van der Waals surface area contributed by atoms with E-state index in [0.717, 1.165) is 0 Å². The average Bonchev–Trinajstić information content (AvgIpc) is 2.93. The Hall–Kier alpha value is -1.80. The molecule has 2 atom stereocenters. The maximum atomic E-state index is 13.1. The number of alkyl halides is 3. The second kappa shape index (κ2) is 5.93. The van der Waals surface area contributed by atoms with E-state index in [0.29, 0.717) is 11.0 Å². The van der Waals surface area contributed by atoms with Crippen LogP contribution in [0.1, 0.15) is 0 Å². The molecule has 1 aliphatic heterocycles. The van der Waals surface area contributed by atoms with Gasteiger partial charge >= 0.3 is 12.1 Å². The molecule has 0 unspecified atom stereocenters. The number of aliphatic carboxylic acids is 1. The smallest absolute Gasteiger partial charge is 0.394 e. The van der Waals surface area contributed by atoms with Gasteiger partial charge in [-0.1, -0.05) is 23.2 Å². The number of carbonyl (C=O) groups is 1. The van der Waals surface area contributed by atoms with Crippen LogP contribution in [0.15, 0.2) is 18.3 Å². The molecule has 0 radical (unpaired) electrons. The summed E-state index contributed by atoms with van der Waals surface area (Å²) in [6.45, 7) is -0.775. The van der Waals surface area contributed by atoms with Crippen LogP contribution >= 0.6 is 23.2 Å². The summed E-state index contributed by atoms with van der Waals surface area (Å²) in [4.78, 5) is 20.7. The van der Waals surface area contributed by atoms with E-state index >= 15 is 0 Å². The third kappa shape index (κ3) is 3.08. The number of hydrogen-bond acceptors (Lipinski definition) is 4. The summed E-state index contributed by atoms with van der Waals surface area (Å²) < 4.78 is 39.2. The molecule has 0 bridgehead atoms. The molecule has 5 nitrogen and oxygen atoms in total. The molecule has 1 saturated heterocycles. The molecule has 1 fully saturated rings. The van der Waals surface area contributed by atoms with E-state index in [1.165, 1.54) is 23.2 Å². The van der Waals surface area contributed by atoms with Gasteiger partial charge in [-0.05, 0) is 12.1 Å². The quantitative estimate of drug-likeness (QED) is 0.862. The summed E-state index contributed by atoms with van der Waals surface area (Å²) >= 11 is 11.8. The van der Waals surface area contributed by atoms with Crippen molar-refractivity contribution < 1.29 is 23.1 Å². The van der Waals surface area contributed by atoms with E-state index in [1.54, 1.807) is 0 Å². The second-order valence-electron chi connectivity index (χ2n) is 5.48. The van der Waals surface area contributed by atoms with Crippen molar-refractivity contribution in [2.24, 2.45) is 11.8 Å². The van der Waals surface area contributed by atoms with Gasteiger partial charge in [0, 0.05) is 13.1 Å². The highest BCUT2D eigenvalue weighted by molar-refractivity contribution is 6.42. The highest BCUT2D eigenvalue weighted by Gasteiger charge is 2.52. The van der Waals surface area contributed by atoms with Crippen LogP contribution in [-0.4, -0.2) is 40.3 Å². The fourth-order valence-electron chi connectivity index (χ4n) is 2.72. The largest absolute Gasteiger partial charge is 0.481 e. The molecule has 0 amide bonds. The molecule has 1 N–H and O–H groups in total. The molecule has 128 valence electrons. The van der Waals surface area contributed by atoms with E-state index in [-0.39, 0.29) is 22.4 Å². The van der Waals surface area contributed by atoms with Crippen molar-refractivity contribution in [3.63, 3.8) is 0 Å². The van der Waals surface area contributed by atoms with Crippen LogP contribution in [0.5, 0.6) is 0 Å². The van der Waals surface area contributed by atoms with Crippen molar-refractivity contribution in [1.29, 1.82) is 0 Å². The number of benzene rings is 1. The molecule has 24 heavy (non-hydrogen) atoms. The molecule has 0 aliphatic carbocycles. The number of anilines is 1. The summed E-state index contributed by atoms with van der Waals surface area (Å²) in [5.74, 6) is -4.82. The zero-order valence-corrected chi connectivity index (χ0v) is 13.4. The predicted octanol–water partition coefficient (Wildman–Crippen LogP) is 3.64. The minimum atomic E-state index is -4.60. The van der Waals surface area contributed by atoms with Crippen molar-refractivity contribution in [1.82, 2.24) is 9.97 Å². The maximum absolute atomic E-state index is 13.1.